The third-order valence-electron chi connectivity index (χ3n) is 2.69. The van der Waals surface area contributed by atoms with Crippen LogP contribution in [-0.2, 0) is 17.8 Å². The number of rotatable bonds is 6. The molecule has 0 aromatic carbocycles. The van der Waals surface area contributed by atoms with Crippen LogP contribution in [0.2, 0.25) is 0 Å². The fourth-order valence-corrected chi connectivity index (χ4v) is 3.13. The van der Waals surface area contributed by atoms with Gasteiger partial charge in [0.15, 0.2) is 0 Å². The van der Waals surface area contributed by atoms with Gasteiger partial charge >= 0.3 is 5.97 Å². The number of hydrogen-bond donors (Lipinski definition) is 2. The Balaban J connectivity index is 2.02. The Labute approximate surface area is 129 Å². The molecule has 0 aliphatic rings. The molecule has 2 heterocycles. The van der Waals surface area contributed by atoms with E-state index in [0.717, 1.165) is 28.0 Å². The fourth-order valence-electron chi connectivity index (χ4n) is 1.66. The highest BCUT2D eigenvalue weighted by Crippen LogP contribution is 2.19. The average Bonchev–Trinajstić information content (AvgIpc) is 3.10. The van der Waals surface area contributed by atoms with Gasteiger partial charge in [-0.1, -0.05) is 11.4 Å². The molecule has 0 atom stereocenters. The number of aryl methyl sites for hydroxylation is 1. The van der Waals surface area contributed by atoms with Crippen molar-refractivity contribution in [3.05, 3.63) is 38.5 Å². The Morgan fingerprint density at radius 3 is 3.00 bits per heavy atom. The lowest BCUT2D eigenvalue weighted by Gasteiger charge is -2.03. The summed E-state index contributed by atoms with van der Waals surface area (Å²) >= 11 is 2.54. The molecule has 0 fully saturated rings. The number of carboxylic acid groups (broad SMARTS) is 1. The summed E-state index contributed by atoms with van der Waals surface area (Å²) in [6.45, 7) is 2.26. The number of nitrogens with one attached hydrogen (secondary N) is 1. The highest BCUT2D eigenvalue weighted by molar-refractivity contribution is 7.10. The summed E-state index contributed by atoms with van der Waals surface area (Å²) in [4.78, 5) is 24.0. The standard InChI is InChI=1S/C13H13N3O3S2/c1-2-9-12(21-16-15-9)13(19)14-7-10-8(5-6-20-10)3-4-11(17)18/h3-6H,2,7H2,1H3,(H,14,19)(H,17,18)/b4-3+. The van der Waals surface area contributed by atoms with Crippen LogP contribution < -0.4 is 5.32 Å². The number of aromatic nitrogens is 2. The molecule has 2 N–H and O–H groups in total. The molecule has 0 saturated heterocycles. The van der Waals surface area contributed by atoms with Crippen molar-refractivity contribution in [2.45, 2.75) is 19.9 Å². The van der Waals surface area contributed by atoms with Crippen molar-refractivity contribution >= 4 is 40.8 Å². The van der Waals surface area contributed by atoms with Crippen molar-refractivity contribution in [2.75, 3.05) is 0 Å². The molecule has 0 aliphatic carbocycles. The molecule has 21 heavy (non-hydrogen) atoms. The maximum atomic E-state index is 12.1. The minimum absolute atomic E-state index is 0.205. The zero-order valence-electron chi connectivity index (χ0n) is 11.2. The number of carbonyl (C=O) groups is 2. The van der Waals surface area contributed by atoms with Crippen molar-refractivity contribution in [3.8, 4) is 0 Å². The van der Waals surface area contributed by atoms with E-state index in [1.807, 2.05) is 18.4 Å². The quantitative estimate of drug-likeness (QED) is 0.795. The first-order chi connectivity index (χ1) is 10.1. The van der Waals surface area contributed by atoms with Gasteiger partial charge < -0.3 is 10.4 Å². The van der Waals surface area contributed by atoms with Gasteiger partial charge in [-0.25, -0.2) is 4.79 Å². The van der Waals surface area contributed by atoms with Gasteiger partial charge in [0.25, 0.3) is 5.91 Å². The van der Waals surface area contributed by atoms with Crippen LogP contribution in [-0.4, -0.2) is 26.6 Å². The van der Waals surface area contributed by atoms with Crippen molar-refractivity contribution < 1.29 is 14.7 Å². The van der Waals surface area contributed by atoms with Crippen LogP contribution in [0.3, 0.4) is 0 Å². The lowest BCUT2D eigenvalue weighted by atomic mass is 10.2. The smallest absolute Gasteiger partial charge is 0.328 e. The molecule has 8 heteroatoms. The summed E-state index contributed by atoms with van der Waals surface area (Å²) in [7, 11) is 0. The number of aliphatic carboxylic acids is 1. The predicted molar refractivity (Wildman–Crippen MR) is 81.4 cm³/mol. The molecular weight excluding hydrogens is 310 g/mol. The molecule has 110 valence electrons. The van der Waals surface area contributed by atoms with E-state index in [1.165, 1.54) is 17.4 Å². The zero-order valence-corrected chi connectivity index (χ0v) is 12.8. The number of carboxylic acids is 1. The van der Waals surface area contributed by atoms with Crippen LogP contribution in [0.1, 0.15) is 32.7 Å². The van der Waals surface area contributed by atoms with Gasteiger partial charge in [0, 0.05) is 11.0 Å². The van der Waals surface area contributed by atoms with Gasteiger partial charge in [0.05, 0.1) is 12.2 Å². The molecule has 2 aromatic heterocycles. The Hall–Kier alpha value is -2.06. The maximum absolute atomic E-state index is 12.1. The average molecular weight is 323 g/mol. The van der Waals surface area contributed by atoms with Crippen molar-refractivity contribution in [2.24, 2.45) is 0 Å². The second kappa shape index (κ2) is 7.09. The molecule has 0 unspecified atom stereocenters. The van der Waals surface area contributed by atoms with Gasteiger partial charge in [-0.3, -0.25) is 4.79 Å². The lowest BCUT2D eigenvalue weighted by Crippen LogP contribution is -2.22. The summed E-state index contributed by atoms with van der Waals surface area (Å²) in [6.07, 6.45) is 3.26. The Morgan fingerprint density at radius 1 is 1.48 bits per heavy atom. The highest BCUT2D eigenvalue weighted by Gasteiger charge is 2.15. The van der Waals surface area contributed by atoms with Gasteiger partial charge in [-0.2, -0.15) is 0 Å². The molecule has 0 saturated carbocycles. The summed E-state index contributed by atoms with van der Waals surface area (Å²) in [5.41, 5.74) is 1.48. The van der Waals surface area contributed by atoms with E-state index in [1.54, 1.807) is 0 Å². The van der Waals surface area contributed by atoms with Crippen molar-refractivity contribution in [1.29, 1.82) is 0 Å². The largest absolute Gasteiger partial charge is 0.478 e. The summed E-state index contributed by atoms with van der Waals surface area (Å²) in [5, 5.41) is 17.2. The van der Waals surface area contributed by atoms with E-state index in [0.29, 0.717) is 23.5 Å². The van der Waals surface area contributed by atoms with E-state index < -0.39 is 5.97 Å². The second-order valence-corrected chi connectivity index (χ2v) is 5.81. The zero-order chi connectivity index (χ0) is 15.2. The van der Waals surface area contributed by atoms with Crippen LogP contribution in [0, 0.1) is 0 Å². The Morgan fingerprint density at radius 2 is 2.29 bits per heavy atom. The molecule has 0 radical (unpaired) electrons. The monoisotopic (exact) mass is 323 g/mol. The van der Waals surface area contributed by atoms with Crippen LogP contribution in [0.25, 0.3) is 6.08 Å². The normalized spacial score (nSPS) is 10.9. The first-order valence-corrected chi connectivity index (χ1v) is 7.84. The third-order valence-corrected chi connectivity index (χ3v) is 4.40. The van der Waals surface area contributed by atoms with Crippen LogP contribution >= 0.6 is 22.9 Å². The Kier molecular flexibility index (Phi) is 5.18. The van der Waals surface area contributed by atoms with E-state index in [9.17, 15) is 9.59 Å². The molecule has 2 rings (SSSR count). The van der Waals surface area contributed by atoms with Gasteiger partial charge in [-0.15, -0.1) is 16.4 Å². The number of carbonyl (C=O) groups excluding carboxylic acids is 1. The fraction of sp³-hybridized carbons (Fsp3) is 0.231. The lowest BCUT2D eigenvalue weighted by molar-refractivity contribution is -0.131. The summed E-state index contributed by atoms with van der Waals surface area (Å²) in [6, 6.07) is 1.82. The first-order valence-electron chi connectivity index (χ1n) is 6.18. The minimum atomic E-state index is -1.00. The van der Waals surface area contributed by atoms with Gasteiger partial charge in [0.2, 0.25) is 0 Å². The molecule has 6 nitrogen and oxygen atoms in total. The number of thiophene rings is 1. The van der Waals surface area contributed by atoms with E-state index in [-0.39, 0.29) is 5.91 Å². The molecule has 2 aromatic rings. The Bertz CT molecular complexity index is 676. The SMILES string of the molecule is CCc1nnsc1C(=O)NCc1sccc1/C=C/C(=O)O. The van der Waals surface area contributed by atoms with E-state index in [2.05, 4.69) is 14.9 Å². The number of amides is 1. The minimum Gasteiger partial charge on any atom is -0.478 e. The topological polar surface area (TPSA) is 92.2 Å². The van der Waals surface area contributed by atoms with E-state index in [4.69, 9.17) is 5.11 Å². The maximum Gasteiger partial charge on any atom is 0.328 e. The molecule has 0 bridgehead atoms. The van der Waals surface area contributed by atoms with Crippen molar-refractivity contribution in [1.82, 2.24) is 14.9 Å². The molecular formula is C13H13N3O3S2. The number of nitrogens with zero attached hydrogens (tertiary/aromatic N) is 2. The van der Waals surface area contributed by atoms with Gasteiger partial charge in [-0.05, 0) is 41.0 Å². The molecule has 1 amide bonds. The predicted octanol–water partition coefficient (Wildman–Crippen LogP) is 2.19. The molecule has 0 aliphatic heterocycles. The highest BCUT2D eigenvalue weighted by atomic mass is 32.1. The number of hydrogen-bond acceptors (Lipinski definition) is 6. The van der Waals surface area contributed by atoms with Crippen LogP contribution in [0.15, 0.2) is 17.5 Å². The van der Waals surface area contributed by atoms with Crippen LogP contribution in [0.4, 0.5) is 0 Å². The first kappa shape index (κ1) is 15.3. The second-order valence-electron chi connectivity index (χ2n) is 4.06. The van der Waals surface area contributed by atoms with E-state index >= 15 is 0 Å². The molecule has 0 spiro atoms. The van der Waals surface area contributed by atoms with Crippen LogP contribution in [0.5, 0.6) is 0 Å². The van der Waals surface area contributed by atoms with Crippen molar-refractivity contribution in [3.63, 3.8) is 0 Å². The summed E-state index contributed by atoms with van der Waals surface area (Å²) < 4.78 is 3.78. The third kappa shape index (κ3) is 3.96. The van der Waals surface area contributed by atoms with Gasteiger partial charge in [0.1, 0.15) is 4.88 Å². The summed E-state index contributed by atoms with van der Waals surface area (Å²) in [5.74, 6) is -1.21.